The monoisotopic (exact) mass is 215 g/mol. The Morgan fingerprint density at radius 1 is 1.25 bits per heavy atom. The fourth-order valence-electron chi connectivity index (χ4n) is 1.79. The van der Waals surface area contributed by atoms with Gasteiger partial charge in [-0.1, -0.05) is 29.8 Å². The Bertz CT molecular complexity index is 512. The zero-order chi connectivity index (χ0) is 11.7. The number of hydrogen-bond acceptors (Lipinski definition) is 2. The van der Waals surface area contributed by atoms with Crippen LogP contribution in [0, 0.1) is 20.8 Å². The minimum atomic E-state index is 0.738. The van der Waals surface area contributed by atoms with Crippen LogP contribution in [0.2, 0.25) is 0 Å². The first-order chi connectivity index (χ1) is 7.58. The second kappa shape index (κ2) is 4.00. The van der Waals surface area contributed by atoms with Gasteiger partial charge in [0.15, 0.2) is 0 Å². The molecule has 1 aromatic heterocycles. The molecule has 1 heterocycles. The van der Waals surface area contributed by atoms with Crippen LogP contribution < -0.4 is 5.73 Å². The minimum Gasteiger partial charge on any atom is -0.384 e. The van der Waals surface area contributed by atoms with Crippen molar-refractivity contribution in [3.63, 3.8) is 0 Å². The summed E-state index contributed by atoms with van der Waals surface area (Å²) in [4.78, 5) is 0. The van der Waals surface area contributed by atoms with Crippen LogP contribution in [0.15, 0.2) is 24.3 Å². The summed E-state index contributed by atoms with van der Waals surface area (Å²) in [6.07, 6.45) is 0. The van der Waals surface area contributed by atoms with Gasteiger partial charge in [-0.15, -0.1) is 0 Å². The van der Waals surface area contributed by atoms with E-state index in [0.29, 0.717) is 0 Å². The molecule has 16 heavy (non-hydrogen) atoms. The lowest BCUT2D eigenvalue weighted by Gasteiger charge is -2.05. The SMILES string of the molecule is Cc1cccc(Cn2nc(C)c(C)c2N)c1. The third-order valence-electron chi connectivity index (χ3n) is 2.89. The average Bonchev–Trinajstić information content (AvgIpc) is 2.47. The largest absolute Gasteiger partial charge is 0.384 e. The van der Waals surface area contributed by atoms with E-state index in [2.05, 4.69) is 36.3 Å². The molecule has 2 N–H and O–H groups in total. The zero-order valence-corrected chi connectivity index (χ0v) is 9.99. The fourth-order valence-corrected chi connectivity index (χ4v) is 1.79. The topological polar surface area (TPSA) is 43.8 Å². The van der Waals surface area contributed by atoms with Crippen molar-refractivity contribution in [2.24, 2.45) is 0 Å². The molecule has 0 aliphatic heterocycles. The van der Waals surface area contributed by atoms with Crippen LogP contribution in [0.25, 0.3) is 0 Å². The van der Waals surface area contributed by atoms with Gasteiger partial charge in [-0.2, -0.15) is 5.10 Å². The molecule has 2 rings (SSSR count). The highest BCUT2D eigenvalue weighted by atomic mass is 15.3. The van der Waals surface area contributed by atoms with Crippen molar-refractivity contribution in [1.29, 1.82) is 0 Å². The lowest BCUT2D eigenvalue weighted by molar-refractivity contribution is 0.689. The van der Waals surface area contributed by atoms with E-state index in [1.54, 1.807) is 0 Å². The van der Waals surface area contributed by atoms with Crippen molar-refractivity contribution in [2.45, 2.75) is 27.3 Å². The fraction of sp³-hybridized carbons (Fsp3) is 0.308. The van der Waals surface area contributed by atoms with E-state index in [4.69, 9.17) is 5.73 Å². The number of rotatable bonds is 2. The predicted molar refractivity (Wildman–Crippen MR) is 66.4 cm³/mol. The number of nitrogens with two attached hydrogens (primary N) is 1. The Balaban J connectivity index is 2.30. The van der Waals surface area contributed by atoms with Crippen molar-refractivity contribution in [3.05, 3.63) is 46.6 Å². The molecule has 0 bridgehead atoms. The number of aromatic nitrogens is 2. The van der Waals surface area contributed by atoms with Crippen LogP contribution in [0.5, 0.6) is 0 Å². The quantitative estimate of drug-likeness (QED) is 0.836. The molecular weight excluding hydrogens is 198 g/mol. The third-order valence-corrected chi connectivity index (χ3v) is 2.89. The molecule has 0 radical (unpaired) electrons. The molecule has 0 aliphatic carbocycles. The van der Waals surface area contributed by atoms with Gasteiger partial charge in [0.2, 0.25) is 0 Å². The molecule has 0 saturated carbocycles. The van der Waals surface area contributed by atoms with Gasteiger partial charge >= 0.3 is 0 Å². The molecular formula is C13H17N3. The summed E-state index contributed by atoms with van der Waals surface area (Å²) in [6, 6.07) is 8.40. The lowest BCUT2D eigenvalue weighted by Crippen LogP contribution is -2.06. The molecule has 1 aromatic carbocycles. The van der Waals surface area contributed by atoms with Gasteiger partial charge < -0.3 is 5.73 Å². The van der Waals surface area contributed by atoms with Crippen LogP contribution in [-0.2, 0) is 6.54 Å². The number of aryl methyl sites for hydroxylation is 2. The standard InChI is InChI=1S/C13H17N3/c1-9-5-4-6-12(7-9)8-16-13(14)10(2)11(3)15-16/h4-7H,8,14H2,1-3H3. The van der Waals surface area contributed by atoms with Crippen molar-refractivity contribution >= 4 is 5.82 Å². The Morgan fingerprint density at radius 3 is 2.56 bits per heavy atom. The van der Waals surface area contributed by atoms with Crippen molar-refractivity contribution in [3.8, 4) is 0 Å². The van der Waals surface area contributed by atoms with E-state index in [1.807, 2.05) is 18.5 Å². The van der Waals surface area contributed by atoms with Gasteiger partial charge in [-0.25, -0.2) is 4.68 Å². The Labute approximate surface area is 95.9 Å². The van der Waals surface area contributed by atoms with Gasteiger partial charge in [-0.05, 0) is 26.3 Å². The minimum absolute atomic E-state index is 0.738. The van der Waals surface area contributed by atoms with Crippen LogP contribution in [-0.4, -0.2) is 9.78 Å². The molecule has 0 saturated heterocycles. The van der Waals surface area contributed by atoms with Gasteiger partial charge in [0.25, 0.3) is 0 Å². The van der Waals surface area contributed by atoms with E-state index in [0.717, 1.165) is 23.6 Å². The third kappa shape index (κ3) is 1.94. The van der Waals surface area contributed by atoms with Gasteiger partial charge in [0.1, 0.15) is 5.82 Å². The van der Waals surface area contributed by atoms with Crippen molar-refractivity contribution < 1.29 is 0 Å². The number of hydrogen-bond donors (Lipinski definition) is 1. The summed E-state index contributed by atoms with van der Waals surface area (Å²) < 4.78 is 1.86. The number of benzene rings is 1. The first-order valence-electron chi connectivity index (χ1n) is 5.43. The van der Waals surface area contributed by atoms with Crippen molar-refractivity contribution in [2.75, 3.05) is 5.73 Å². The van der Waals surface area contributed by atoms with Gasteiger partial charge in [0, 0.05) is 5.56 Å². The zero-order valence-electron chi connectivity index (χ0n) is 9.99. The second-order valence-electron chi connectivity index (χ2n) is 4.24. The molecule has 0 atom stereocenters. The molecule has 2 aromatic rings. The first-order valence-corrected chi connectivity index (χ1v) is 5.43. The average molecular weight is 215 g/mol. The highest BCUT2D eigenvalue weighted by Crippen LogP contribution is 2.16. The molecule has 3 nitrogen and oxygen atoms in total. The summed E-state index contributed by atoms with van der Waals surface area (Å²) in [5.41, 5.74) is 10.6. The summed E-state index contributed by atoms with van der Waals surface area (Å²) in [5.74, 6) is 0.763. The van der Waals surface area contributed by atoms with E-state index in [-0.39, 0.29) is 0 Å². The molecule has 0 amide bonds. The molecule has 0 spiro atoms. The summed E-state index contributed by atoms with van der Waals surface area (Å²) in [7, 11) is 0. The van der Waals surface area contributed by atoms with Crippen LogP contribution in [0.1, 0.15) is 22.4 Å². The Morgan fingerprint density at radius 2 is 2.00 bits per heavy atom. The predicted octanol–water partition coefficient (Wildman–Crippen LogP) is 2.44. The van der Waals surface area contributed by atoms with Crippen molar-refractivity contribution in [1.82, 2.24) is 9.78 Å². The summed E-state index contributed by atoms with van der Waals surface area (Å²) in [6.45, 7) is 6.82. The van der Waals surface area contributed by atoms with E-state index < -0.39 is 0 Å². The van der Waals surface area contributed by atoms with Crippen LogP contribution >= 0.6 is 0 Å². The van der Waals surface area contributed by atoms with E-state index in [9.17, 15) is 0 Å². The molecule has 0 fully saturated rings. The smallest absolute Gasteiger partial charge is 0.125 e. The molecule has 3 heteroatoms. The lowest BCUT2D eigenvalue weighted by atomic mass is 10.1. The summed E-state index contributed by atoms with van der Waals surface area (Å²) >= 11 is 0. The molecule has 0 aliphatic rings. The van der Waals surface area contributed by atoms with Gasteiger partial charge in [-0.3, -0.25) is 0 Å². The Hall–Kier alpha value is -1.77. The Kier molecular flexibility index (Phi) is 2.69. The second-order valence-corrected chi connectivity index (χ2v) is 4.24. The summed E-state index contributed by atoms with van der Waals surface area (Å²) in [5, 5.41) is 4.43. The van der Waals surface area contributed by atoms with E-state index >= 15 is 0 Å². The molecule has 84 valence electrons. The maximum absolute atomic E-state index is 5.99. The normalized spacial score (nSPS) is 10.7. The maximum Gasteiger partial charge on any atom is 0.125 e. The highest BCUT2D eigenvalue weighted by molar-refractivity contribution is 5.42. The number of nitrogens with zero attached hydrogens (tertiary/aromatic N) is 2. The van der Waals surface area contributed by atoms with Crippen LogP contribution in [0.4, 0.5) is 5.82 Å². The van der Waals surface area contributed by atoms with E-state index in [1.165, 1.54) is 11.1 Å². The number of nitrogen functional groups attached to an aromatic ring is 1. The highest BCUT2D eigenvalue weighted by Gasteiger charge is 2.08. The maximum atomic E-state index is 5.99. The molecule has 0 unspecified atom stereocenters. The first kappa shape index (κ1) is 10.7. The van der Waals surface area contributed by atoms with Gasteiger partial charge in [0.05, 0.1) is 12.2 Å². The number of anilines is 1. The van der Waals surface area contributed by atoms with Crippen LogP contribution in [0.3, 0.4) is 0 Å².